The number of rotatable bonds is 1. The van der Waals surface area contributed by atoms with Crippen molar-refractivity contribution >= 4 is 15.1 Å². The lowest BCUT2D eigenvalue weighted by atomic mass is 10.0. The van der Waals surface area contributed by atoms with Gasteiger partial charge in [-0.1, -0.05) is 19.3 Å². The third-order valence-corrected chi connectivity index (χ3v) is 8.60. The molecule has 0 unspecified atom stereocenters. The molecule has 0 radical (unpaired) electrons. The highest BCUT2D eigenvalue weighted by molar-refractivity contribution is 8.45. The predicted octanol–water partition coefficient (Wildman–Crippen LogP) is 3.28. The summed E-state index contributed by atoms with van der Waals surface area (Å²) < 4.78 is 0. The molecule has 0 aromatic carbocycles. The number of hydrogen-bond donors (Lipinski definition) is 0. The van der Waals surface area contributed by atoms with Gasteiger partial charge in [-0.3, -0.25) is 0 Å². The molecule has 0 N–H and O–H groups in total. The molecule has 14 heavy (non-hydrogen) atoms. The van der Waals surface area contributed by atoms with Crippen molar-refractivity contribution in [1.29, 1.82) is 0 Å². The van der Waals surface area contributed by atoms with Gasteiger partial charge >= 0.3 is 5.12 Å². The molecule has 0 aromatic rings. The summed E-state index contributed by atoms with van der Waals surface area (Å²) in [5.41, 5.74) is 0. The first-order valence-corrected chi connectivity index (χ1v) is 7.93. The minimum atomic E-state index is -0.930. The Labute approximate surface area is 89.0 Å². The van der Waals surface area contributed by atoms with Crippen LogP contribution >= 0.6 is 10.0 Å². The molecule has 80 valence electrons. The molecule has 0 spiro atoms. The molecule has 0 aromatic heterocycles. The molecule has 1 aliphatic carbocycles. The second-order valence-electron chi connectivity index (χ2n) is 4.69. The minimum Gasteiger partial charge on any atom is -0.232 e. The van der Waals surface area contributed by atoms with Crippen molar-refractivity contribution in [2.45, 2.75) is 50.2 Å². The maximum absolute atomic E-state index is 11.8. The largest absolute Gasteiger partial charge is 0.344 e. The topological polar surface area (TPSA) is 17.1 Å². The van der Waals surface area contributed by atoms with Gasteiger partial charge in [-0.05, 0) is 42.4 Å². The smallest absolute Gasteiger partial charge is 0.232 e. The minimum absolute atomic E-state index is 0.321. The monoisotopic (exact) mass is 213 g/mol. The zero-order valence-corrected chi connectivity index (χ0v) is 9.78. The van der Waals surface area contributed by atoms with Gasteiger partial charge in [-0.25, -0.2) is 4.79 Å². The molecule has 1 aliphatic heterocycles. The normalized spacial score (nSPS) is 30.0. The fraction of sp³-hybridized carbons (Fsp3) is 0.833. The van der Waals surface area contributed by atoms with Gasteiger partial charge in [-0.15, -0.1) is 10.0 Å². The maximum Gasteiger partial charge on any atom is 0.344 e. The predicted molar refractivity (Wildman–Crippen MR) is 63.8 cm³/mol. The average Bonchev–Trinajstić information content (AvgIpc) is 2.69. The quantitative estimate of drug-likeness (QED) is 0.611. The summed E-state index contributed by atoms with van der Waals surface area (Å²) in [6.07, 6.45) is 9.30. The molecular formula is C12H21OS+. The first kappa shape index (κ1) is 10.4. The fourth-order valence-electron chi connectivity index (χ4n) is 3.08. The van der Waals surface area contributed by atoms with Crippen molar-refractivity contribution in [2.24, 2.45) is 0 Å². The van der Waals surface area contributed by atoms with Gasteiger partial charge in [0.2, 0.25) is 0 Å². The Morgan fingerprint density at radius 3 is 2.07 bits per heavy atom. The molecule has 1 saturated heterocycles. The van der Waals surface area contributed by atoms with Crippen LogP contribution in [-0.2, 0) is 4.79 Å². The van der Waals surface area contributed by atoms with Crippen LogP contribution in [0.3, 0.4) is 0 Å². The summed E-state index contributed by atoms with van der Waals surface area (Å²) in [5, 5.41) is 1.07. The van der Waals surface area contributed by atoms with Crippen LogP contribution in [0.4, 0.5) is 0 Å². The SMILES string of the molecule is [CH2+]C(=O)S1(C2CCCCC2)CCCC1. The van der Waals surface area contributed by atoms with Crippen LogP contribution in [0, 0.1) is 6.92 Å². The Hall–Kier alpha value is -0.110. The fourth-order valence-corrected chi connectivity index (χ4v) is 7.46. The first-order valence-electron chi connectivity index (χ1n) is 5.89. The van der Waals surface area contributed by atoms with Crippen LogP contribution < -0.4 is 0 Å². The lowest BCUT2D eigenvalue weighted by Gasteiger charge is -2.39. The van der Waals surface area contributed by atoms with E-state index >= 15 is 0 Å². The highest BCUT2D eigenvalue weighted by Crippen LogP contribution is 2.61. The second kappa shape index (κ2) is 4.18. The van der Waals surface area contributed by atoms with Gasteiger partial charge in [0.1, 0.15) is 6.92 Å². The van der Waals surface area contributed by atoms with E-state index in [1.165, 1.54) is 56.5 Å². The summed E-state index contributed by atoms with van der Waals surface area (Å²) in [5.74, 6) is 2.42. The molecular weight excluding hydrogens is 192 g/mol. The average molecular weight is 213 g/mol. The molecule has 2 aliphatic rings. The highest BCUT2D eigenvalue weighted by Gasteiger charge is 2.43. The maximum atomic E-state index is 11.8. The van der Waals surface area contributed by atoms with Crippen LogP contribution in [-0.4, -0.2) is 21.9 Å². The van der Waals surface area contributed by atoms with E-state index in [4.69, 9.17) is 0 Å². The van der Waals surface area contributed by atoms with E-state index in [-0.39, 0.29) is 0 Å². The van der Waals surface area contributed by atoms with Crippen molar-refractivity contribution < 1.29 is 4.79 Å². The van der Waals surface area contributed by atoms with Crippen molar-refractivity contribution in [3.63, 3.8) is 0 Å². The Kier molecular flexibility index (Phi) is 3.10. The Morgan fingerprint density at radius 2 is 1.57 bits per heavy atom. The van der Waals surface area contributed by atoms with Crippen molar-refractivity contribution in [3.8, 4) is 0 Å². The summed E-state index contributed by atoms with van der Waals surface area (Å²) in [4.78, 5) is 11.8. The van der Waals surface area contributed by atoms with E-state index < -0.39 is 10.0 Å². The van der Waals surface area contributed by atoms with Crippen LogP contribution in [0.5, 0.6) is 0 Å². The highest BCUT2D eigenvalue weighted by atomic mass is 32.3. The van der Waals surface area contributed by atoms with Gasteiger partial charge in [0.05, 0.1) is 0 Å². The zero-order chi connectivity index (χ0) is 10.0. The summed E-state index contributed by atoms with van der Waals surface area (Å²) in [6.45, 7) is 3.77. The van der Waals surface area contributed by atoms with Crippen LogP contribution in [0.25, 0.3) is 0 Å². The lowest BCUT2D eigenvalue weighted by Crippen LogP contribution is -2.27. The van der Waals surface area contributed by atoms with Crippen molar-refractivity contribution in [1.82, 2.24) is 0 Å². The summed E-state index contributed by atoms with van der Waals surface area (Å²) in [6, 6.07) is 0. The number of hydrogen-bond acceptors (Lipinski definition) is 1. The molecule has 0 bridgehead atoms. The van der Waals surface area contributed by atoms with Gasteiger partial charge in [-0.2, -0.15) is 0 Å². The van der Waals surface area contributed by atoms with Gasteiger partial charge in [0, 0.05) is 0 Å². The Balaban J connectivity index is 2.12. The molecule has 2 fully saturated rings. The van der Waals surface area contributed by atoms with Crippen molar-refractivity contribution in [3.05, 3.63) is 6.92 Å². The molecule has 2 heteroatoms. The zero-order valence-electron chi connectivity index (χ0n) is 8.96. The Bertz CT molecular complexity index is 212. The van der Waals surface area contributed by atoms with E-state index in [9.17, 15) is 4.79 Å². The standard InChI is InChI=1S/C12H21OS/c1-11(13)14(9-5-6-10-14)12-7-3-2-4-8-12/h12H,1-10H2/q+1. The molecule has 1 nitrogen and oxygen atoms in total. The van der Waals surface area contributed by atoms with Crippen molar-refractivity contribution in [2.75, 3.05) is 11.5 Å². The van der Waals surface area contributed by atoms with E-state index in [1.807, 2.05) is 0 Å². The summed E-state index contributed by atoms with van der Waals surface area (Å²) >= 11 is 0. The van der Waals surface area contributed by atoms with Gasteiger partial charge in [0.15, 0.2) is 0 Å². The molecule has 0 atom stereocenters. The van der Waals surface area contributed by atoms with Gasteiger partial charge in [0.25, 0.3) is 0 Å². The van der Waals surface area contributed by atoms with E-state index in [0.29, 0.717) is 5.12 Å². The molecule has 0 amide bonds. The number of carbonyl (C=O) groups excluding carboxylic acids is 1. The Morgan fingerprint density at radius 1 is 1.00 bits per heavy atom. The van der Waals surface area contributed by atoms with Crippen LogP contribution in [0.15, 0.2) is 0 Å². The number of carbonyl (C=O) groups is 1. The third-order valence-electron chi connectivity index (χ3n) is 3.91. The van der Waals surface area contributed by atoms with Crippen LogP contribution in [0.1, 0.15) is 44.9 Å². The molecule has 2 rings (SSSR count). The van der Waals surface area contributed by atoms with E-state index in [1.54, 1.807) is 0 Å². The molecule has 1 heterocycles. The third kappa shape index (κ3) is 1.69. The lowest BCUT2D eigenvalue weighted by molar-refractivity contribution is -0.107. The summed E-state index contributed by atoms with van der Waals surface area (Å²) in [7, 11) is -0.930. The van der Waals surface area contributed by atoms with Crippen LogP contribution in [0.2, 0.25) is 0 Å². The van der Waals surface area contributed by atoms with E-state index in [0.717, 1.165) is 5.25 Å². The second-order valence-corrected chi connectivity index (χ2v) is 8.52. The molecule has 1 saturated carbocycles. The van der Waals surface area contributed by atoms with Gasteiger partial charge < -0.3 is 0 Å². The van der Waals surface area contributed by atoms with E-state index in [2.05, 4.69) is 6.92 Å². The first-order chi connectivity index (χ1) is 6.76.